The molecule has 4 rings (SSSR count). The lowest BCUT2D eigenvalue weighted by atomic mass is 10.0. The fourth-order valence-corrected chi connectivity index (χ4v) is 3.57. The van der Waals surface area contributed by atoms with Crippen molar-refractivity contribution < 1.29 is 4.79 Å². The van der Waals surface area contributed by atoms with E-state index in [1.165, 1.54) is 10.8 Å². The number of likely N-dealkylation sites (N-methyl/N-ethyl adjacent to an activating group) is 1. The van der Waals surface area contributed by atoms with E-state index in [-0.39, 0.29) is 18.3 Å². The molecule has 0 aliphatic carbocycles. The zero-order chi connectivity index (χ0) is 17.4. The number of anilines is 2. The molecule has 134 valence electrons. The molecule has 5 heteroatoms. The minimum Gasteiger partial charge on any atom is -0.371 e. The van der Waals surface area contributed by atoms with Crippen LogP contribution in [0.5, 0.6) is 0 Å². The second-order valence-electron chi connectivity index (χ2n) is 6.54. The van der Waals surface area contributed by atoms with Crippen LogP contribution in [0.4, 0.5) is 11.4 Å². The lowest BCUT2D eigenvalue weighted by Gasteiger charge is -2.25. The van der Waals surface area contributed by atoms with Crippen LogP contribution in [-0.4, -0.2) is 25.5 Å². The first-order chi connectivity index (χ1) is 12.1. The summed E-state index contributed by atoms with van der Waals surface area (Å²) in [6, 6.07) is 21.9. The molecular formula is C21H22ClN3O. The molecule has 3 aromatic rings. The molecule has 1 heterocycles. The first kappa shape index (κ1) is 18.2. The number of benzene rings is 3. The van der Waals surface area contributed by atoms with Crippen molar-refractivity contribution in [1.29, 1.82) is 0 Å². The Morgan fingerprint density at radius 3 is 2.42 bits per heavy atom. The van der Waals surface area contributed by atoms with Crippen LogP contribution in [0, 0.1) is 0 Å². The van der Waals surface area contributed by atoms with Gasteiger partial charge in [0, 0.05) is 13.6 Å². The molecule has 2 N–H and O–H groups in total. The van der Waals surface area contributed by atoms with E-state index in [1.54, 1.807) is 0 Å². The van der Waals surface area contributed by atoms with Crippen molar-refractivity contribution in [3.8, 4) is 0 Å². The molecule has 1 atom stereocenters. The number of carbonyl (C=O) groups excluding carboxylic acids is 1. The average Bonchev–Trinajstić information content (AvgIpc) is 2.73. The van der Waals surface area contributed by atoms with Gasteiger partial charge in [-0.05, 0) is 28.5 Å². The van der Waals surface area contributed by atoms with Crippen molar-refractivity contribution in [1.82, 2.24) is 0 Å². The Balaban J connectivity index is 0.00000196. The number of hydrogen-bond acceptors (Lipinski definition) is 3. The van der Waals surface area contributed by atoms with Crippen LogP contribution in [0.1, 0.15) is 5.56 Å². The number of nitrogens with zero attached hydrogens (tertiary/aromatic N) is 2. The molecule has 0 saturated carbocycles. The Bertz CT molecular complexity index is 938. The molecule has 0 aromatic heterocycles. The second kappa shape index (κ2) is 7.36. The molecule has 0 unspecified atom stereocenters. The largest absolute Gasteiger partial charge is 0.371 e. The summed E-state index contributed by atoms with van der Waals surface area (Å²) < 4.78 is 0. The van der Waals surface area contributed by atoms with Gasteiger partial charge in [0.1, 0.15) is 6.04 Å². The molecule has 1 amide bonds. The van der Waals surface area contributed by atoms with Gasteiger partial charge in [-0.1, -0.05) is 54.6 Å². The zero-order valence-corrected chi connectivity index (χ0v) is 15.4. The Morgan fingerprint density at radius 1 is 0.962 bits per heavy atom. The molecule has 1 aliphatic heterocycles. The van der Waals surface area contributed by atoms with Gasteiger partial charge in [-0.15, -0.1) is 12.4 Å². The van der Waals surface area contributed by atoms with E-state index < -0.39 is 6.04 Å². The molecule has 0 saturated heterocycles. The quantitative estimate of drug-likeness (QED) is 0.753. The van der Waals surface area contributed by atoms with E-state index in [0.29, 0.717) is 13.1 Å². The number of para-hydroxylation sites is 2. The molecule has 0 spiro atoms. The van der Waals surface area contributed by atoms with E-state index in [0.717, 1.165) is 16.9 Å². The summed E-state index contributed by atoms with van der Waals surface area (Å²) in [6.45, 7) is 1.03. The number of halogens is 1. The van der Waals surface area contributed by atoms with E-state index in [4.69, 9.17) is 5.73 Å². The summed E-state index contributed by atoms with van der Waals surface area (Å²) >= 11 is 0. The van der Waals surface area contributed by atoms with Crippen LogP contribution >= 0.6 is 12.4 Å². The van der Waals surface area contributed by atoms with Crippen molar-refractivity contribution >= 4 is 40.5 Å². The molecule has 3 aromatic carbocycles. The molecular weight excluding hydrogens is 346 g/mol. The number of rotatable bonds is 2. The second-order valence-corrected chi connectivity index (χ2v) is 6.54. The third-order valence-corrected chi connectivity index (χ3v) is 4.85. The standard InChI is InChI=1S/C21H21N3O.ClH/c1-23-14-18(22)21(25)24(20-12-5-4-11-19(20)23)13-16-9-6-8-15-7-2-3-10-17(15)16;/h2-12,18H,13-14,22H2,1H3;1H/t18-;/m0./s1. The maximum absolute atomic E-state index is 13.0. The van der Waals surface area contributed by atoms with Crippen LogP contribution in [0.2, 0.25) is 0 Å². The first-order valence-corrected chi connectivity index (χ1v) is 8.49. The van der Waals surface area contributed by atoms with E-state index in [9.17, 15) is 4.79 Å². The summed E-state index contributed by atoms with van der Waals surface area (Å²) in [4.78, 5) is 16.8. The summed E-state index contributed by atoms with van der Waals surface area (Å²) in [5.41, 5.74) is 9.24. The number of carbonyl (C=O) groups is 1. The van der Waals surface area contributed by atoms with Crippen LogP contribution in [0.3, 0.4) is 0 Å². The van der Waals surface area contributed by atoms with Crippen LogP contribution in [0.25, 0.3) is 10.8 Å². The van der Waals surface area contributed by atoms with Gasteiger partial charge < -0.3 is 15.5 Å². The Hall–Kier alpha value is -2.56. The third kappa shape index (κ3) is 3.14. The van der Waals surface area contributed by atoms with Gasteiger partial charge in [-0.2, -0.15) is 0 Å². The fraction of sp³-hybridized carbons (Fsp3) is 0.190. The number of nitrogens with two attached hydrogens (primary N) is 1. The highest BCUT2D eigenvalue weighted by atomic mass is 35.5. The van der Waals surface area contributed by atoms with Crippen molar-refractivity contribution in [2.45, 2.75) is 12.6 Å². The SMILES string of the molecule is CN1C[C@H](N)C(=O)N(Cc2cccc3ccccc23)c2ccccc21.Cl. The fourth-order valence-electron chi connectivity index (χ4n) is 3.57. The predicted octanol–water partition coefficient (Wildman–Crippen LogP) is 3.57. The molecule has 0 radical (unpaired) electrons. The maximum Gasteiger partial charge on any atom is 0.246 e. The topological polar surface area (TPSA) is 49.6 Å². The van der Waals surface area contributed by atoms with Gasteiger partial charge >= 0.3 is 0 Å². The van der Waals surface area contributed by atoms with E-state index in [2.05, 4.69) is 29.2 Å². The highest BCUT2D eigenvalue weighted by Gasteiger charge is 2.30. The number of amides is 1. The Kier molecular flexibility index (Phi) is 5.16. The summed E-state index contributed by atoms with van der Waals surface area (Å²) in [5.74, 6) is -0.0373. The summed E-state index contributed by atoms with van der Waals surface area (Å²) in [6.07, 6.45) is 0. The summed E-state index contributed by atoms with van der Waals surface area (Å²) in [5, 5.41) is 2.35. The Labute approximate surface area is 159 Å². The van der Waals surface area contributed by atoms with Gasteiger partial charge in [-0.3, -0.25) is 4.79 Å². The van der Waals surface area contributed by atoms with Crippen LogP contribution < -0.4 is 15.5 Å². The summed E-state index contributed by atoms with van der Waals surface area (Å²) in [7, 11) is 1.98. The minimum atomic E-state index is -0.535. The van der Waals surface area contributed by atoms with Crippen LogP contribution in [0.15, 0.2) is 66.7 Å². The predicted molar refractivity (Wildman–Crippen MR) is 110 cm³/mol. The monoisotopic (exact) mass is 367 g/mol. The van der Waals surface area contributed by atoms with Gasteiger partial charge in [0.15, 0.2) is 0 Å². The molecule has 4 nitrogen and oxygen atoms in total. The van der Waals surface area contributed by atoms with Gasteiger partial charge in [0.2, 0.25) is 5.91 Å². The number of fused-ring (bicyclic) bond motifs is 2. The van der Waals surface area contributed by atoms with E-state index in [1.807, 2.05) is 54.4 Å². The van der Waals surface area contributed by atoms with Crippen molar-refractivity contribution in [2.24, 2.45) is 5.73 Å². The van der Waals surface area contributed by atoms with Crippen molar-refractivity contribution in [3.63, 3.8) is 0 Å². The molecule has 26 heavy (non-hydrogen) atoms. The minimum absolute atomic E-state index is 0. The number of hydrogen-bond donors (Lipinski definition) is 1. The van der Waals surface area contributed by atoms with Crippen molar-refractivity contribution in [3.05, 3.63) is 72.3 Å². The highest BCUT2D eigenvalue weighted by molar-refractivity contribution is 6.02. The van der Waals surface area contributed by atoms with Crippen LogP contribution in [-0.2, 0) is 11.3 Å². The smallest absolute Gasteiger partial charge is 0.246 e. The normalized spacial score (nSPS) is 16.8. The third-order valence-electron chi connectivity index (χ3n) is 4.85. The molecule has 1 aliphatic rings. The zero-order valence-electron chi connectivity index (χ0n) is 14.6. The Morgan fingerprint density at radius 2 is 1.62 bits per heavy atom. The molecule has 0 bridgehead atoms. The average molecular weight is 368 g/mol. The lowest BCUT2D eigenvalue weighted by Crippen LogP contribution is -2.46. The van der Waals surface area contributed by atoms with E-state index >= 15 is 0 Å². The molecule has 0 fully saturated rings. The van der Waals surface area contributed by atoms with Gasteiger partial charge in [-0.25, -0.2) is 0 Å². The lowest BCUT2D eigenvalue weighted by molar-refractivity contribution is -0.119. The van der Waals surface area contributed by atoms with Gasteiger partial charge in [0.05, 0.1) is 17.9 Å². The highest BCUT2D eigenvalue weighted by Crippen LogP contribution is 2.33. The van der Waals surface area contributed by atoms with Gasteiger partial charge in [0.25, 0.3) is 0 Å². The van der Waals surface area contributed by atoms with Crippen molar-refractivity contribution in [2.75, 3.05) is 23.4 Å². The maximum atomic E-state index is 13.0. The first-order valence-electron chi connectivity index (χ1n) is 8.49.